The van der Waals surface area contributed by atoms with Crippen LogP contribution in [0.1, 0.15) is 45.2 Å². The van der Waals surface area contributed by atoms with Crippen LogP contribution in [0.15, 0.2) is 35.7 Å². The molecule has 0 aliphatic heterocycles. The lowest BCUT2D eigenvalue weighted by atomic mass is 9.88. The van der Waals surface area contributed by atoms with E-state index in [1.807, 2.05) is 30.5 Å². The number of ether oxygens (including phenoxy) is 1. The Morgan fingerprint density at radius 3 is 2.91 bits per heavy atom. The first-order valence-electron chi connectivity index (χ1n) is 7.73. The molecule has 0 radical (unpaired) electrons. The van der Waals surface area contributed by atoms with E-state index in [-0.39, 0.29) is 18.6 Å². The van der Waals surface area contributed by atoms with Crippen molar-refractivity contribution in [3.63, 3.8) is 0 Å². The summed E-state index contributed by atoms with van der Waals surface area (Å²) in [5, 5.41) is 4.82. The lowest BCUT2D eigenvalue weighted by Crippen LogP contribution is -2.34. The van der Waals surface area contributed by atoms with Crippen LogP contribution in [0.2, 0.25) is 0 Å². The van der Waals surface area contributed by atoms with Gasteiger partial charge in [-0.2, -0.15) is 0 Å². The fourth-order valence-corrected chi connectivity index (χ4v) is 3.74. The molecule has 0 spiro atoms. The van der Waals surface area contributed by atoms with E-state index < -0.39 is 5.97 Å². The maximum atomic E-state index is 12.1. The van der Waals surface area contributed by atoms with Gasteiger partial charge in [0.1, 0.15) is 4.88 Å². The first-order chi connectivity index (χ1) is 11.1. The number of esters is 1. The molecule has 3 rings (SSSR count). The lowest BCUT2D eigenvalue weighted by Gasteiger charge is -2.26. The highest BCUT2D eigenvalue weighted by atomic mass is 32.1. The minimum atomic E-state index is -0.434. The fraction of sp³-hybridized carbons (Fsp3) is 0.333. The summed E-state index contributed by atoms with van der Waals surface area (Å²) in [7, 11) is 0. The van der Waals surface area contributed by atoms with Gasteiger partial charge in [0.15, 0.2) is 6.61 Å². The minimum absolute atomic E-state index is 0.00891. The molecule has 1 aliphatic carbocycles. The molecule has 0 unspecified atom stereocenters. The van der Waals surface area contributed by atoms with Crippen LogP contribution < -0.4 is 5.32 Å². The second kappa shape index (κ2) is 6.96. The van der Waals surface area contributed by atoms with Crippen molar-refractivity contribution in [1.82, 2.24) is 5.32 Å². The molecule has 120 valence electrons. The van der Waals surface area contributed by atoms with E-state index in [2.05, 4.69) is 17.4 Å². The highest BCUT2D eigenvalue weighted by Crippen LogP contribution is 2.29. The average molecular weight is 329 g/mol. The van der Waals surface area contributed by atoms with E-state index >= 15 is 0 Å². The standard InChI is InChI=1S/C18H19NO3S/c1-12-9-10-23-17(12)18(21)22-11-16(20)19-15-8-4-6-13-5-2-3-7-14(13)15/h2-3,5,7,9-10,15H,4,6,8,11H2,1H3,(H,19,20)/t15-/m1/s1. The molecule has 1 aromatic heterocycles. The molecule has 1 heterocycles. The molecule has 1 aliphatic rings. The third-order valence-electron chi connectivity index (χ3n) is 4.09. The molecule has 0 fully saturated rings. The van der Waals surface area contributed by atoms with Crippen molar-refractivity contribution < 1.29 is 14.3 Å². The van der Waals surface area contributed by atoms with Crippen molar-refractivity contribution in [2.24, 2.45) is 0 Å². The normalized spacial score (nSPS) is 16.5. The Labute approximate surface area is 139 Å². The summed E-state index contributed by atoms with van der Waals surface area (Å²) in [5.74, 6) is -0.689. The Morgan fingerprint density at radius 1 is 1.30 bits per heavy atom. The molecule has 1 amide bonds. The molecular weight excluding hydrogens is 310 g/mol. The van der Waals surface area contributed by atoms with Crippen molar-refractivity contribution >= 4 is 23.2 Å². The Hall–Kier alpha value is -2.14. The highest BCUT2D eigenvalue weighted by Gasteiger charge is 2.22. The van der Waals surface area contributed by atoms with Gasteiger partial charge >= 0.3 is 5.97 Å². The largest absolute Gasteiger partial charge is 0.451 e. The van der Waals surface area contributed by atoms with E-state index in [9.17, 15) is 9.59 Å². The van der Waals surface area contributed by atoms with E-state index in [0.29, 0.717) is 4.88 Å². The van der Waals surface area contributed by atoms with Crippen LogP contribution in [-0.4, -0.2) is 18.5 Å². The van der Waals surface area contributed by atoms with Crippen LogP contribution in [0.25, 0.3) is 0 Å². The molecule has 1 atom stereocenters. The molecule has 1 aromatic carbocycles. The molecule has 4 nitrogen and oxygen atoms in total. The van der Waals surface area contributed by atoms with Crippen LogP contribution in [0, 0.1) is 6.92 Å². The number of benzene rings is 1. The predicted molar refractivity (Wildman–Crippen MR) is 89.6 cm³/mol. The number of rotatable bonds is 4. The zero-order valence-corrected chi connectivity index (χ0v) is 13.8. The third-order valence-corrected chi connectivity index (χ3v) is 5.08. The molecule has 0 bridgehead atoms. The molecule has 2 aromatic rings. The summed E-state index contributed by atoms with van der Waals surface area (Å²) in [6, 6.07) is 10.0. The first-order valence-corrected chi connectivity index (χ1v) is 8.61. The number of aryl methyl sites for hydroxylation is 2. The maximum absolute atomic E-state index is 12.1. The van der Waals surface area contributed by atoms with Gasteiger partial charge in [0.25, 0.3) is 5.91 Å². The van der Waals surface area contributed by atoms with Gasteiger partial charge < -0.3 is 10.1 Å². The maximum Gasteiger partial charge on any atom is 0.349 e. The zero-order chi connectivity index (χ0) is 16.2. The molecular formula is C18H19NO3S. The molecule has 0 saturated heterocycles. The first kappa shape index (κ1) is 15.7. The number of fused-ring (bicyclic) bond motifs is 1. The molecule has 5 heteroatoms. The van der Waals surface area contributed by atoms with Crippen molar-refractivity contribution in [3.8, 4) is 0 Å². The summed E-state index contributed by atoms with van der Waals surface area (Å²) < 4.78 is 5.12. The smallest absolute Gasteiger partial charge is 0.349 e. The van der Waals surface area contributed by atoms with Crippen molar-refractivity contribution in [2.75, 3.05) is 6.61 Å². The quantitative estimate of drug-likeness (QED) is 0.875. The summed E-state index contributed by atoms with van der Waals surface area (Å²) in [5.41, 5.74) is 3.34. The number of hydrogen-bond acceptors (Lipinski definition) is 4. The fourth-order valence-electron chi connectivity index (χ4n) is 2.92. The SMILES string of the molecule is Cc1ccsc1C(=O)OCC(=O)N[C@@H]1CCCc2ccccc21. The number of nitrogens with one attached hydrogen (secondary N) is 1. The summed E-state index contributed by atoms with van der Waals surface area (Å²) >= 11 is 1.33. The highest BCUT2D eigenvalue weighted by molar-refractivity contribution is 7.12. The van der Waals surface area contributed by atoms with Gasteiger partial charge in [0.2, 0.25) is 0 Å². The second-order valence-corrected chi connectivity index (χ2v) is 6.64. The van der Waals surface area contributed by atoms with Gasteiger partial charge in [-0.15, -0.1) is 11.3 Å². The van der Waals surface area contributed by atoms with Gasteiger partial charge in [-0.25, -0.2) is 4.79 Å². The van der Waals surface area contributed by atoms with Gasteiger partial charge in [-0.3, -0.25) is 4.79 Å². The summed E-state index contributed by atoms with van der Waals surface area (Å²) in [6.45, 7) is 1.61. The Balaban J connectivity index is 1.56. The number of carbonyl (C=O) groups is 2. The minimum Gasteiger partial charge on any atom is -0.451 e. The van der Waals surface area contributed by atoms with Crippen molar-refractivity contribution in [2.45, 2.75) is 32.2 Å². The van der Waals surface area contributed by atoms with Gasteiger partial charge in [-0.05, 0) is 54.3 Å². The Kier molecular flexibility index (Phi) is 4.76. The number of carbonyl (C=O) groups excluding carboxylic acids is 2. The van der Waals surface area contributed by atoms with Crippen molar-refractivity contribution in [1.29, 1.82) is 0 Å². The van der Waals surface area contributed by atoms with E-state index in [0.717, 1.165) is 24.8 Å². The Morgan fingerprint density at radius 2 is 2.13 bits per heavy atom. The predicted octanol–water partition coefficient (Wildman–Crippen LogP) is 3.41. The van der Waals surface area contributed by atoms with Crippen LogP contribution in [0.5, 0.6) is 0 Å². The number of amides is 1. The topological polar surface area (TPSA) is 55.4 Å². The van der Waals surface area contributed by atoms with Gasteiger partial charge in [-0.1, -0.05) is 24.3 Å². The summed E-state index contributed by atoms with van der Waals surface area (Å²) in [4.78, 5) is 24.6. The Bertz CT molecular complexity index is 723. The van der Waals surface area contributed by atoms with Crippen LogP contribution in [0.4, 0.5) is 0 Å². The average Bonchev–Trinajstić information content (AvgIpc) is 2.99. The van der Waals surface area contributed by atoms with Crippen LogP contribution in [-0.2, 0) is 16.0 Å². The van der Waals surface area contributed by atoms with Gasteiger partial charge in [0.05, 0.1) is 6.04 Å². The van der Waals surface area contributed by atoms with E-state index in [1.165, 1.54) is 22.5 Å². The number of hydrogen-bond donors (Lipinski definition) is 1. The number of thiophene rings is 1. The molecule has 23 heavy (non-hydrogen) atoms. The van der Waals surface area contributed by atoms with Gasteiger partial charge in [0, 0.05) is 0 Å². The molecule has 0 saturated carbocycles. The van der Waals surface area contributed by atoms with Crippen LogP contribution in [0.3, 0.4) is 0 Å². The molecule has 1 N–H and O–H groups in total. The van der Waals surface area contributed by atoms with Crippen molar-refractivity contribution in [3.05, 3.63) is 57.3 Å². The van der Waals surface area contributed by atoms with Crippen LogP contribution >= 0.6 is 11.3 Å². The third kappa shape index (κ3) is 3.62. The monoisotopic (exact) mass is 329 g/mol. The zero-order valence-electron chi connectivity index (χ0n) is 13.0. The summed E-state index contributed by atoms with van der Waals surface area (Å²) in [6.07, 6.45) is 3.02. The van der Waals surface area contributed by atoms with E-state index in [4.69, 9.17) is 4.74 Å². The lowest BCUT2D eigenvalue weighted by molar-refractivity contribution is -0.125. The van der Waals surface area contributed by atoms with E-state index in [1.54, 1.807) is 0 Å². The second-order valence-electron chi connectivity index (χ2n) is 5.72.